The second kappa shape index (κ2) is 8.03. The average molecular weight is 442 g/mol. The Kier molecular flexibility index (Phi) is 5.54. The van der Waals surface area contributed by atoms with E-state index in [9.17, 15) is 27.5 Å². The van der Waals surface area contributed by atoms with E-state index in [1.807, 2.05) is 0 Å². The van der Waals surface area contributed by atoms with Gasteiger partial charge >= 0.3 is 12.3 Å². The van der Waals surface area contributed by atoms with Crippen molar-refractivity contribution in [3.8, 4) is 0 Å². The smallest absolute Gasteiger partial charge is 0.418 e. The van der Waals surface area contributed by atoms with Crippen molar-refractivity contribution >= 4 is 17.6 Å². The first kappa shape index (κ1) is 21.4. The van der Waals surface area contributed by atoms with Gasteiger partial charge in [0.2, 0.25) is 0 Å². The maximum absolute atomic E-state index is 13.6. The van der Waals surface area contributed by atoms with Crippen LogP contribution in [0.15, 0.2) is 18.2 Å². The van der Waals surface area contributed by atoms with Crippen LogP contribution >= 0.6 is 0 Å². The second-order valence-electron chi connectivity index (χ2n) is 7.69. The molecule has 2 aliphatic heterocycles. The van der Waals surface area contributed by atoms with Crippen molar-refractivity contribution in [1.82, 2.24) is 14.7 Å². The van der Waals surface area contributed by atoms with E-state index in [1.54, 1.807) is 4.68 Å². The molecule has 0 saturated carbocycles. The van der Waals surface area contributed by atoms with Crippen molar-refractivity contribution in [2.45, 2.75) is 44.6 Å². The zero-order chi connectivity index (χ0) is 22.3. The Morgan fingerprint density at radius 2 is 2.10 bits per heavy atom. The Morgan fingerprint density at radius 1 is 1.32 bits per heavy atom. The number of carbonyl (C=O) groups is 1. The van der Waals surface area contributed by atoms with Gasteiger partial charge in [0.1, 0.15) is 5.82 Å². The van der Waals surface area contributed by atoms with Crippen LogP contribution in [-0.4, -0.2) is 46.1 Å². The van der Waals surface area contributed by atoms with Crippen LogP contribution in [0.3, 0.4) is 0 Å². The number of hydrogen-bond donors (Lipinski definition) is 1. The summed E-state index contributed by atoms with van der Waals surface area (Å²) in [6.45, 7) is 0.806. The van der Waals surface area contributed by atoms with Crippen LogP contribution in [0.1, 0.15) is 42.3 Å². The van der Waals surface area contributed by atoms with Gasteiger partial charge in [-0.2, -0.15) is 18.3 Å². The van der Waals surface area contributed by atoms with E-state index in [0.29, 0.717) is 36.8 Å². The topological polar surface area (TPSA) is 70.8 Å². The zero-order valence-electron chi connectivity index (χ0n) is 16.8. The third-order valence-electron chi connectivity index (χ3n) is 5.71. The zero-order valence-corrected chi connectivity index (χ0v) is 16.8. The quantitative estimate of drug-likeness (QED) is 0.707. The summed E-state index contributed by atoms with van der Waals surface area (Å²) >= 11 is 0. The molecule has 1 unspecified atom stereocenters. The molecule has 2 aliphatic rings. The van der Waals surface area contributed by atoms with Crippen LogP contribution in [-0.2, 0) is 23.9 Å². The maximum Gasteiger partial charge on any atom is 0.418 e. The van der Waals surface area contributed by atoms with Gasteiger partial charge in [-0.25, -0.2) is 13.9 Å². The van der Waals surface area contributed by atoms with E-state index >= 15 is 0 Å². The summed E-state index contributed by atoms with van der Waals surface area (Å²) in [5.74, 6) is -0.698. The number of anilines is 2. The summed E-state index contributed by atoms with van der Waals surface area (Å²) in [5.41, 5.74) is -0.0496. The van der Waals surface area contributed by atoms with Gasteiger partial charge in [0.15, 0.2) is 12.0 Å². The highest BCUT2D eigenvalue weighted by Crippen LogP contribution is 2.41. The number of benzene rings is 1. The van der Waals surface area contributed by atoms with Crippen LogP contribution in [0, 0.1) is 5.82 Å². The molecule has 3 heterocycles. The van der Waals surface area contributed by atoms with E-state index in [2.05, 4.69) is 5.10 Å². The first-order valence-corrected chi connectivity index (χ1v) is 9.97. The molecule has 7 nitrogen and oxygen atoms in total. The van der Waals surface area contributed by atoms with Crippen LogP contribution in [0.25, 0.3) is 0 Å². The van der Waals surface area contributed by atoms with Gasteiger partial charge in [-0.15, -0.1) is 0 Å². The number of alkyl halides is 3. The predicted octanol–water partition coefficient (Wildman–Crippen LogP) is 4.54. The molecule has 168 valence electrons. The standard InChI is InChI=1S/C20H22F4N4O3/c1-26(15-6-5-12(21)10-14(15)20(22,23)24)18-13-7-8-27(19(29)30)11-16(13)28(25-18)17-4-2-3-9-31-17/h5-6,10,17H,2-4,7-9,11H2,1H3,(H,29,30). The molecule has 1 atom stereocenters. The molecular weight excluding hydrogens is 420 g/mol. The summed E-state index contributed by atoms with van der Waals surface area (Å²) in [6, 6.07) is 2.51. The van der Waals surface area contributed by atoms with Crippen molar-refractivity contribution in [3.05, 3.63) is 40.8 Å². The second-order valence-corrected chi connectivity index (χ2v) is 7.69. The van der Waals surface area contributed by atoms with E-state index in [1.165, 1.54) is 16.8 Å². The summed E-state index contributed by atoms with van der Waals surface area (Å²) in [5, 5.41) is 14.0. The normalized spacial score (nSPS) is 19.3. The average Bonchev–Trinajstić information content (AvgIpc) is 3.12. The lowest BCUT2D eigenvalue weighted by atomic mass is 10.0. The van der Waals surface area contributed by atoms with Crippen molar-refractivity contribution in [2.24, 2.45) is 0 Å². The monoisotopic (exact) mass is 442 g/mol. The Balaban J connectivity index is 1.80. The molecule has 1 amide bonds. The first-order chi connectivity index (χ1) is 14.7. The summed E-state index contributed by atoms with van der Waals surface area (Å²) in [6.07, 6.45) is -3.45. The van der Waals surface area contributed by atoms with Crippen LogP contribution in [0.2, 0.25) is 0 Å². The molecule has 2 aromatic rings. The molecule has 11 heteroatoms. The Morgan fingerprint density at radius 3 is 2.74 bits per heavy atom. The number of halogens is 4. The third kappa shape index (κ3) is 4.06. The molecule has 4 rings (SSSR count). The molecule has 1 N–H and O–H groups in total. The molecule has 31 heavy (non-hydrogen) atoms. The molecule has 1 aromatic heterocycles. The van der Waals surface area contributed by atoms with Gasteiger partial charge in [0.25, 0.3) is 0 Å². The molecule has 0 bridgehead atoms. The Labute approximate surface area is 175 Å². The van der Waals surface area contributed by atoms with Crippen LogP contribution in [0.4, 0.5) is 33.9 Å². The molecule has 0 radical (unpaired) electrons. The fourth-order valence-corrected chi connectivity index (χ4v) is 4.15. The number of amides is 1. The number of rotatable bonds is 3. The highest BCUT2D eigenvalue weighted by molar-refractivity contribution is 5.69. The molecule has 0 spiro atoms. The van der Waals surface area contributed by atoms with Gasteiger partial charge in [-0.05, 0) is 43.9 Å². The van der Waals surface area contributed by atoms with E-state index in [0.717, 1.165) is 25.0 Å². The molecule has 1 aromatic carbocycles. The number of nitrogens with zero attached hydrogens (tertiary/aromatic N) is 4. The lowest BCUT2D eigenvalue weighted by Gasteiger charge is -2.29. The van der Waals surface area contributed by atoms with Crippen molar-refractivity contribution in [2.75, 3.05) is 25.1 Å². The summed E-state index contributed by atoms with van der Waals surface area (Å²) in [4.78, 5) is 14.0. The van der Waals surface area contributed by atoms with Gasteiger partial charge in [-0.1, -0.05) is 0 Å². The maximum atomic E-state index is 13.6. The summed E-state index contributed by atoms with van der Waals surface area (Å²) < 4.78 is 61.7. The van der Waals surface area contributed by atoms with Crippen molar-refractivity contribution in [3.63, 3.8) is 0 Å². The molecule has 1 fully saturated rings. The SMILES string of the molecule is CN(c1ccc(F)cc1C(F)(F)F)c1nn(C2CCCCO2)c2c1CCN(C(=O)O)C2. The third-order valence-corrected chi connectivity index (χ3v) is 5.71. The fraction of sp³-hybridized carbons (Fsp3) is 0.500. The highest BCUT2D eigenvalue weighted by atomic mass is 19.4. The minimum atomic E-state index is -4.75. The number of ether oxygens (including phenoxy) is 1. The van der Waals surface area contributed by atoms with Crippen molar-refractivity contribution in [1.29, 1.82) is 0 Å². The van der Waals surface area contributed by atoms with Gasteiger partial charge < -0.3 is 19.6 Å². The minimum Gasteiger partial charge on any atom is -0.465 e. The van der Waals surface area contributed by atoms with Crippen molar-refractivity contribution < 1.29 is 32.2 Å². The summed E-state index contributed by atoms with van der Waals surface area (Å²) in [7, 11) is 1.45. The first-order valence-electron chi connectivity index (χ1n) is 9.97. The highest BCUT2D eigenvalue weighted by Gasteiger charge is 2.37. The number of aromatic nitrogens is 2. The van der Waals surface area contributed by atoms with E-state index < -0.39 is 29.9 Å². The lowest BCUT2D eigenvalue weighted by Crippen LogP contribution is -2.36. The van der Waals surface area contributed by atoms with Gasteiger partial charge in [0, 0.05) is 25.8 Å². The van der Waals surface area contributed by atoms with Gasteiger partial charge in [-0.3, -0.25) is 0 Å². The molecule has 0 aliphatic carbocycles. The van der Waals surface area contributed by atoms with E-state index in [-0.39, 0.29) is 24.6 Å². The predicted molar refractivity (Wildman–Crippen MR) is 103 cm³/mol. The largest absolute Gasteiger partial charge is 0.465 e. The Bertz CT molecular complexity index is 986. The lowest BCUT2D eigenvalue weighted by molar-refractivity contribution is -0.137. The van der Waals surface area contributed by atoms with Gasteiger partial charge in [0.05, 0.1) is 23.5 Å². The molecular formula is C20H22F4N4O3. The molecule has 1 saturated heterocycles. The Hall–Kier alpha value is -2.82. The van der Waals surface area contributed by atoms with Crippen LogP contribution in [0.5, 0.6) is 0 Å². The fourth-order valence-electron chi connectivity index (χ4n) is 4.15. The van der Waals surface area contributed by atoms with Crippen LogP contribution < -0.4 is 4.90 Å². The number of hydrogen-bond acceptors (Lipinski definition) is 4. The van der Waals surface area contributed by atoms with E-state index in [4.69, 9.17) is 4.74 Å². The minimum absolute atomic E-state index is 0.0703. The number of fused-ring (bicyclic) bond motifs is 1. The number of carboxylic acid groups (broad SMARTS) is 1.